The van der Waals surface area contributed by atoms with Crippen LogP contribution in [0.5, 0.6) is 11.5 Å². The Hall–Kier alpha value is -3.09. The standard InChI is InChI=1S/C21H24N2O5/c1-14(2)20-21(24)22(10-5-11-27-17-7-4-6-15(3)12-17)18-9-8-16(23(25)26)13-19(18)28-20/h4,6-9,12-14,20H,5,10-11H2,1-3H3. The van der Waals surface area contributed by atoms with Crippen LogP contribution in [0.25, 0.3) is 0 Å². The number of fused-ring (bicyclic) bond motifs is 1. The number of nitrogens with zero attached hydrogens (tertiary/aromatic N) is 2. The number of carbonyl (C=O) groups excluding carboxylic acids is 1. The van der Waals surface area contributed by atoms with Crippen molar-refractivity contribution in [3.63, 3.8) is 0 Å². The fourth-order valence-corrected chi connectivity index (χ4v) is 3.16. The van der Waals surface area contributed by atoms with Gasteiger partial charge in [0, 0.05) is 12.6 Å². The van der Waals surface area contributed by atoms with Gasteiger partial charge in [0.15, 0.2) is 11.9 Å². The Morgan fingerprint density at radius 1 is 1.25 bits per heavy atom. The molecule has 0 saturated heterocycles. The normalized spacial score (nSPS) is 15.9. The summed E-state index contributed by atoms with van der Waals surface area (Å²) in [7, 11) is 0. The van der Waals surface area contributed by atoms with Crippen molar-refractivity contribution in [2.45, 2.75) is 33.3 Å². The van der Waals surface area contributed by atoms with Crippen LogP contribution in [0.3, 0.4) is 0 Å². The molecule has 1 amide bonds. The van der Waals surface area contributed by atoms with E-state index in [-0.39, 0.29) is 17.5 Å². The zero-order chi connectivity index (χ0) is 20.3. The molecule has 1 aliphatic heterocycles. The smallest absolute Gasteiger partial charge is 0.273 e. The molecule has 3 rings (SSSR count). The number of nitro groups is 1. The van der Waals surface area contributed by atoms with Gasteiger partial charge in [-0.2, -0.15) is 0 Å². The molecular formula is C21H24N2O5. The van der Waals surface area contributed by atoms with E-state index in [1.54, 1.807) is 11.0 Å². The molecular weight excluding hydrogens is 360 g/mol. The molecule has 2 aromatic rings. The van der Waals surface area contributed by atoms with Crippen LogP contribution in [0.15, 0.2) is 42.5 Å². The Balaban J connectivity index is 1.73. The molecule has 0 saturated carbocycles. The highest BCUT2D eigenvalue weighted by molar-refractivity contribution is 6.00. The van der Waals surface area contributed by atoms with Gasteiger partial charge in [-0.05, 0) is 43.0 Å². The van der Waals surface area contributed by atoms with Gasteiger partial charge in [-0.1, -0.05) is 26.0 Å². The summed E-state index contributed by atoms with van der Waals surface area (Å²) >= 11 is 0. The van der Waals surface area contributed by atoms with Crippen LogP contribution in [0.2, 0.25) is 0 Å². The second kappa shape index (κ2) is 8.29. The predicted molar refractivity (Wildman–Crippen MR) is 106 cm³/mol. The highest BCUT2D eigenvalue weighted by atomic mass is 16.6. The first-order valence-electron chi connectivity index (χ1n) is 9.33. The van der Waals surface area contributed by atoms with Gasteiger partial charge in [-0.25, -0.2) is 0 Å². The maximum atomic E-state index is 12.9. The minimum Gasteiger partial charge on any atom is -0.494 e. The summed E-state index contributed by atoms with van der Waals surface area (Å²) in [6.45, 7) is 6.69. The predicted octanol–water partition coefficient (Wildman–Crippen LogP) is 4.12. The van der Waals surface area contributed by atoms with Crippen molar-refractivity contribution in [1.82, 2.24) is 0 Å². The summed E-state index contributed by atoms with van der Waals surface area (Å²) in [6.07, 6.45) is -0.0341. The van der Waals surface area contributed by atoms with E-state index < -0.39 is 11.0 Å². The van der Waals surface area contributed by atoms with Crippen LogP contribution in [0.4, 0.5) is 11.4 Å². The Kier molecular flexibility index (Phi) is 5.82. The van der Waals surface area contributed by atoms with E-state index in [1.807, 2.05) is 45.0 Å². The largest absolute Gasteiger partial charge is 0.494 e. The number of anilines is 1. The lowest BCUT2D eigenvalue weighted by molar-refractivity contribution is -0.384. The molecule has 148 valence electrons. The fourth-order valence-electron chi connectivity index (χ4n) is 3.16. The molecule has 28 heavy (non-hydrogen) atoms. The number of carbonyl (C=O) groups is 1. The van der Waals surface area contributed by atoms with Crippen molar-refractivity contribution in [2.24, 2.45) is 5.92 Å². The van der Waals surface area contributed by atoms with Gasteiger partial charge < -0.3 is 14.4 Å². The third-order valence-corrected chi connectivity index (χ3v) is 4.60. The zero-order valence-corrected chi connectivity index (χ0v) is 16.3. The number of non-ortho nitro benzene ring substituents is 1. The van der Waals surface area contributed by atoms with Gasteiger partial charge in [0.05, 0.1) is 23.3 Å². The van der Waals surface area contributed by atoms with Crippen molar-refractivity contribution >= 4 is 17.3 Å². The zero-order valence-electron chi connectivity index (χ0n) is 16.3. The summed E-state index contributed by atoms with van der Waals surface area (Å²) in [5.41, 5.74) is 1.62. The molecule has 1 heterocycles. The van der Waals surface area contributed by atoms with Crippen LogP contribution in [-0.4, -0.2) is 30.1 Å². The van der Waals surface area contributed by atoms with Gasteiger partial charge in [0.1, 0.15) is 5.75 Å². The third-order valence-electron chi connectivity index (χ3n) is 4.60. The number of ether oxygens (including phenoxy) is 2. The number of benzene rings is 2. The van der Waals surface area contributed by atoms with Gasteiger partial charge in [0.2, 0.25) is 0 Å². The molecule has 1 aliphatic rings. The van der Waals surface area contributed by atoms with Crippen molar-refractivity contribution in [2.75, 3.05) is 18.1 Å². The Bertz CT molecular complexity index is 881. The first-order chi connectivity index (χ1) is 13.4. The summed E-state index contributed by atoms with van der Waals surface area (Å²) in [6, 6.07) is 12.1. The van der Waals surface area contributed by atoms with E-state index in [4.69, 9.17) is 9.47 Å². The number of hydrogen-bond acceptors (Lipinski definition) is 5. The van der Waals surface area contributed by atoms with Crippen molar-refractivity contribution in [3.05, 3.63) is 58.1 Å². The number of nitro benzene ring substituents is 1. The van der Waals surface area contributed by atoms with Crippen molar-refractivity contribution in [1.29, 1.82) is 0 Å². The molecule has 2 aromatic carbocycles. The monoisotopic (exact) mass is 384 g/mol. The maximum Gasteiger partial charge on any atom is 0.273 e. The van der Waals surface area contributed by atoms with Crippen molar-refractivity contribution in [3.8, 4) is 11.5 Å². The van der Waals surface area contributed by atoms with Gasteiger partial charge in [-0.15, -0.1) is 0 Å². The fraction of sp³-hybridized carbons (Fsp3) is 0.381. The molecule has 1 unspecified atom stereocenters. The minimum absolute atomic E-state index is 0.0500. The van der Waals surface area contributed by atoms with E-state index >= 15 is 0 Å². The van der Waals surface area contributed by atoms with Crippen LogP contribution in [-0.2, 0) is 4.79 Å². The first kappa shape index (κ1) is 19.7. The summed E-state index contributed by atoms with van der Waals surface area (Å²) in [4.78, 5) is 25.1. The van der Waals surface area contributed by atoms with Gasteiger partial charge >= 0.3 is 0 Å². The minimum atomic E-state index is -0.660. The number of hydrogen-bond donors (Lipinski definition) is 0. The van der Waals surface area contributed by atoms with E-state index in [9.17, 15) is 14.9 Å². The molecule has 0 aromatic heterocycles. The lowest BCUT2D eigenvalue weighted by Crippen LogP contribution is -2.48. The highest BCUT2D eigenvalue weighted by Crippen LogP contribution is 2.38. The summed E-state index contributed by atoms with van der Waals surface area (Å²) < 4.78 is 11.6. The highest BCUT2D eigenvalue weighted by Gasteiger charge is 2.36. The summed E-state index contributed by atoms with van der Waals surface area (Å²) in [5.74, 6) is 0.981. The van der Waals surface area contributed by atoms with Gasteiger partial charge in [0.25, 0.3) is 11.6 Å². The molecule has 1 atom stereocenters. The second-order valence-electron chi connectivity index (χ2n) is 7.20. The molecule has 0 spiro atoms. The quantitative estimate of drug-likeness (QED) is 0.407. The van der Waals surface area contributed by atoms with E-state index in [0.29, 0.717) is 31.0 Å². The molecule has 0 bridgehead atoms. The summed E-state index contributed by atoms with van der Waals surface area (Å²) in [5, 5.41) is 11.1. The van der Waals surface area contributed by atoms with E-state index in [1.165, 1.54) is 12.1 Å². The number of aryl methyl sites for hydroxylation is 1. The van der Waals surface area contributed by atoms with Crippen LogP contribution >= 0.6 is 0 Å². The Morgan fingerprint density at radius 2 is 2.04 bits per heavy atom. The number of amides is 1. The lowest BCUT2D eigenvalue weighted by atomic mass is 10.0. The maximum absolute atomic E-state index is 12.9. The average molecular weight is 384 g/mol. The SMILES string of the molecule is Cc1cccc(OCCCN2C(=O)C(C(C)C)Oc3cc([N+](=O)[O-])ccc32)c1. The van der Waals surface area contributed by atoms with Gasteiger partial charge in [-0.3, -0.25) is 14.9 Å². The van der Waals surface area contributed by atoms with Crippen LogP contribution < -0.4 is 14.4 Å². The Labute approximate surface area is 164 Å². The molecule has 0 aliphatic carbocycles. The number of rotatable bonds is 7. The lowest BCUT2D eigenvalue weighted by Gasteiger charge is -2.35. The topological polar surface area (TPSA) is 81.9 Å². The molecule has 0 N–H and O–H groups in total. The third kappa shape index (κ3) is 4.24. The van der Waals surface area contributed by atoms with E-state index in [0.717, 1.165) is 11.3 Å². The second-order valence-corrected chi connectivity index (χ2v) is 7.20. The first-order valence-corrected chi connectivity index (χ1v) is 9.33. The Morgan fingerprint density at radius 3 is 2.71 bits per heavy atom. The molecule has 7 heteroatoms. The van der Waals surface area contributed by atoms with Crippen molar-refractivity contribution < 1.29 is 19.2 Å². The van der Waals surface area contributed by atoms with E-state index in [2.05, 4.69) is 0 Å². The van der Waals surface area contributed by atoms with Crippen LogP contribution in [0.1, 0.15) is 25.8 Å². The molecule has 0 fully saturated rings. The molecule has 7 nitrogen and oxygen atoms in total. The average Bonchev–Trinajstić information content (AvgIpc) is 2.65. The molecule has 0 radical (unpaired) electrons. The van der Waals surface area contributed by atoms with Crippen LogP contribution in [0, 0.1) is 23.0 Å².